The van der Waals surface area contributed by atoms with Crippen LogP contribution in [0.3, 0.4) is 0 Å². The summed E-state index contributed by atoms with van der Waals surface area (Å²) < 4.78 is 58.4. The Balaban J connectivity index is 1.70. The van der Waals surface area contributed by atoms with Crippen molar-refractivity contribution in [2.24, 2.45) is 0 Å². The summed E-state index contributed by atoms with van der Waals surface area (Å²) in [6, 6.07) is 18.8. The first-order chi connectivity index (χ1) is 16.0. The molecular formula is C23H25N3O6S2. The topological polar surface area (TPSA) is 122 Å². The second-order valence-electron chi connectivity index (χ2n) is 7.46. The molecule has 9 nitrogen and oxygen atoms in total. The summed E-state index contributed by atoms with van der Waals surface area (Å²) in [7, 11) is -6.04. The number of carbonyl (C=O) groups excluding carboxylic acids is 1. The first-order valence-electron chi connectivity index (χ1n) is 10.1. The highest BCUT2D eigenvalue weighted by molar-refractivity contribution is 7.92. The van der Waals surface area contributed by atoms with Gasteiger partial charge in [0, 0.05) is 11.4 Å². The second-order valence-corrected chi connectivity index (χ2v) is 11.1. The van der Waals surface area contributed by atoms with Crippen LogP contribution in [-0.2, 0) is 24.8 Å². The molecule has 0 spiro atoms. The smallest absolute Gasteiger partial charge is 0.261 e. The molecular weight excluding hydrogens is 478 g/mol. The van der Waals surface area contributed by atoms with Crippen molar-refractivity contribution in [2.45, 2.75) is 11.8 Å². The maximum Gasteiger partial charge on any atom is 0.261 e. The SMILES string of the molecule is COc1ccc(NS(=O)(=O)c2ccc(NC(=O)CN(c3ccccc3C)S(C)(=O)=O)cc2)cc1. The van der Waals surface area contributed by atoms with E-state index in [1.54, 1.807) is 55.5 Å². The zero-order valence-corrected chi connectivity index (χ0v) is 20.5. The average Bonchev–Trinajstić information content (AvgIpc) is 2.78. The number of para-hydroxylation sites is 1. The molecule has 0 saturated heterocycles. The number of methoxy groups -OCH3 is 1. The molecule has 0 heterocycles. The largest absolute Gasteiger partial charge is 0.497 e. The molecule has 3 aromatic rings. The summed E-state index contributed by atoms with van der Waals surface area (Å²) in [6.45, 7) is 1.33. The number of rotatable bonds is 9. The number of ether oxygens (including phenoxy) is 1. The third kappa shape index (κ3) is 6.27. The molecule has 0 unspecified atom stereocenters. The highest BCUT2D eigenvalue weighted by atomic mass is 32.2. The van der Waals surface area contributed by atoms with Gasteiger partial charge in [-0.1, -0.05) is 18.2 Å². The van der Waals surface area contributed by atoms with Gasteiger partial charge in [0.1, 0.15) is 12.3 Å². The number of sulfonamides is 2. The summed E-state index contributed by atoms with van der Waals surface area (Å²) >= 11 is 0. The summed E-state index contributed by atoms with van der Waals surface area (Å²) in [6.07, 6.45) is 1.03. The van der Waals surface area contributed by atoms with E-state index in [0.29, 0.717) is 28.4 Å². The Labute approximate surface area is 199 Å². The van der Waals surface area contributed by atoms with E-state index in [1.165, 1.54) is 31.4 Å². The van der Waals surface area contributed by atoms with Gasteiger partial charge in [-0.05, 0) is 67.1 Å². The van der Waals surface area contributed by atoms with Crippen LogP contribution in [0.5, 0.6) is 5.75 Å². The molecule has 3 aromatic carbocycles. The monoisotopic (exact) mass is 503 g/mol. The minimum absolute atomic E-state index is 0.000935. The van der Waals surface area contributed by atoms with Crippen LogP contribution in [0.1, 0.15) is 5.56 Å². The lowest BCUT2D eigenvalue weighted by atomic mass is 10.2. The summed E-state index contributed by atoms with van der Waals surface area (Å²) in [5.74, 6) is 0.0283. The molecule has 0 fully saturated rings. The van der Waals surface area contributed by atoms with Gasteiger partial charge in [0.25, 0.3) is 10.0 Å². The first kappa shape index (κ1) is 25.1. The summed E-state index contributed by atoms with van der Waals surface area (Å²) in [5.41, 5.74) is 1.81. The Morgan fingerprint density at radius 2 is 1.47 bits per heavy atom. The minimum atomic E-state index is -3.85. The normalized spacial score (nSPS) is 11.5. The van der Waals surface area contributed by atoms with Gasteiger partial charge in [-0.2, -0.15) is 0 Å². The van der Waals surface area contributed by atoms with Crippen LogP contribution in [0.25, 0.3) is 0 Å². The van der Waals surface area contributed by atoms with Crippen LogP contribution in [0.2, 0.25) is 0 Å². The molecule has 0 aliphatic carbocycles. The highest BCUT2D eigenvalue weighted by Crippen LogP contribution is 2.23. The van der Waals surface area contributed by atoms with Gasteiger partial charge in [-0.25, -0.2) is 16.8 Å². The van der Waals surface area contributed by atoms with E-state index in [1.807, 2.05) is 0 Å². The number of anilines is 3. The van der Waals surface area contributed by atoms with Crippen molar-refractivity contribution in [2.75, 3.05) is 34.3 Å². The molecule has 34 heavy (non-hydrogen) atoms. The summed E-state index contributed by atoms with van der Waals surface area (Å²) in [4.78, 5) is 12.6. The molecule has 11 heteroatoms. The highest BCUT2D eigenvalue weighted by Gasteiger charge is 2.22. The van der Waals surface area contributed by atoms with Gasteiger partial charge in [-0.15, -0.1) is 0 Å². The number of hydrogen-bond donors (Lipinski definition) is 2. The van der Waals surface area contributed by atoms with E-state index in [9.17, 15) is 21.6 Å². The number of nitrogens with one attached hydrogen (secondary N) is 2. The Bertz CT molecular complexity index is 1370. The molecule has 3 rings (SSSR count). The second kappa shape index (κ2) is 10.1. The van der Waals surface area contributed by atoms with E-state index in [4.69, 9.17) is 4.74 Å². The lowest BCUT2D eigenvalue weighted by Gasteiger charge is -2.23. The Hall–Kier alpha value is -3.57. The predicted octanol–water partition coefficient (Wildman–Crippen LogP) is 3.21. The lowest BCUT2D eigenvalue weighted by Crippen LogP contribution is -2.37. The van der Waals surface area contributed by atoms with Crippen LogP contribution in [0.15, 0.2) is 77.7 Å². The number of benzene rings is 3. The maximum atomic E-state index is 12.6. The van der Waals surface area contributed by atoms with Gasteiger partial charge >= 0.3 is 0 Å². The van der Waals surface area contributed by atoms with Crippen molar-refractivity contribution in [3.8, 4) is 5.75 Å². The number of carbonyl (C=O) groups is 1. The molecule has 0 aromatic heterocycles. The number of hydrogen-bond acceptors (Lipinski definition) is 6. The van der Waals surface area contributed by atoms with Crippen molar-refractivity contribution < 1.29 is 26.4 Å². The molecule has 180 valence electrons. The van der Waals surface area contributed by atoms with Crippen molar-refractivity contribution in [3.63, 3.8) is 0 Å². The van der Waals surface area contributed by atoms with E-state index in [0.717, 1.165) is 10.6 Å². The Morgan fingerprint density at radius 1 is 0.882 bits per heavy atom. The molecule has 0 aliphatic heterocycles. The van der Waals surface area contributed by atoms with Gasteiger partial charge in [-0.3, -0.25) is 13.8 Å². The van der Waals surface area contributed by atoms with Gasteiger partial charge < -0.3 is 10.1 Å². The molecule has 2 N–H and O–H groups in total. The van der Waals surface area contributed by atoms with Crippen LogP contribution >= 0.6 is 0 Å². The third-order valence-corrected chi connectivity index (χ3v) is 7.39. The van der Waals surface area contributed by atoms with E-state index >= 15 is 0 Å². The van der Waals surface area contributed by atoms with Crippen LogP contribution in [0, 0.1) is 6.92 Å². The zero-order valence-electron chi connectivity index (χ0n) is 18.8. The maximum absolute atomic E-state index is 12.6. The fourth-order valence-electron chi connectivity index (χ4n) is 3.15. The molecule has 1 amide bonds. The first-order valence-corrected chi connectivity index (χ1v) is 13.4. The van der Waals surface area contributed by atoms with Crippen molar-refractivity contribution in [1.82, 2.24) is 0 Å². The Morgan fingerprint density at radius 3 is 2.03 bits per heavy atom. The molecule has 0 atom stereocenters. The Kier molecular flexibility index (Phi) is 7.48. The number of amides is 1. The van der Waals surface area contributed by atoms with Crippen molar-refractivity contribution >= 4 is 43.0 Å². The fourth-order valence-corrected chi connectivity index (χ4v) is 5.12. The standard InChI is InChI=1S/C23H25N3O6S2/c1-17-6-4-5-7-22(17)26(33(3,28)29)16-23(27)24-18-10-14-21(15-11-18)34(30,31)25-19-8-12-20(32-2)13-9-19/h4-15,25H,16H2,1-3H3,(H,24,27). The molecule has 0 bridgehead atoms. The van der Waals surface area contributed by atoms with Gasteiger partial charge in [0.15, 0.2) is 0 Å². The number of nitrogens with zero attached hydrogens (tertiary/aromatic N) is 1. The zero-order chi connectivity index (χ0) is 24.9. The van der Waals surface area contributed by atoms with E-state index < -0.39 is 32.5 Å². The average molecular weight is 504 g/mol. The van der Waals surface area contributed by atoms with Gasteiger partial charge in [0.2, 0.25) is 15.9 Å². The van der Waals surface area contributed by atoms with Crippen LogP contribution < -0.4 is 19.1 Å². The predicted molar refractivity (Wildman–Crippen MR) is 132 cm³/mol. The molecule has 0 radical (unpaired) electrons. The van der Waals surface area contributed by atoms with Crippen LogP contribution in [-0.4, -0.2) is 42.7 Å². The van der Waals surface area contributed by atoms with Crippen molar-refractivity contribution in [1.29, 1.82) is 0 Å². The fraction of sp³-hybridized carbons (Fsp3) is 0.174. The third-order valence-electron chi connectivity index (χ3n) is 4.86. The summed E-state index contributed by atoms with van der Waals surface area (Å²) in [5, 5.41) is 2.60. The van der Waals surface area contributed by atoms with E-state index in [2.05, 4.69) is 10.0 Å². The quantitative estimate of drug-likeness (QED) is 0.462. The number of aryl methyl sites for hydroxylation is 1. The van der Waals surface area contributed by atoms with E-state index in [-0.39, 0.29) is 4.90 Å². The molecule has 0 saturated carbocycles. The lowest BCUT2D eigenvalue weighted by molar-refractivity contribution is -0.114. The minimum Gasteiger partial charge on any atom is -0.497 e. The van der Waals surface area contributed by atoms with Gasteiger partial charge in [0.05, 0.1) is 23.9 Å². The van der Waals surface area contributed by atoms with Crippen molar-refractivity contribution in [3.05, 3.63) is 78.4 Å². The van der Waals surface area contributed by atoms with Crippen LogP contribution in [0.4, 0.5) is 17.1 Å². The molecule has 0 aliphatic rings.